The number of rotatable bonds is 4. The highest BCUT2D eigenvalue weighted by Gasteiger charge is 2.41. The van der Waals surface area contributed by atoms with Gasteiger partial charge in [0.25, 0.3) is 5.91 Å². The van der Waals surface area contributed by atoms with Crippen LogP contribution in [0.25, 0.3) is 11.1 Å². The number of aromatic nitrogens is 2. The average Bonchev–Trinajstić information content (AvgIpc) is 2.86. The maximum atomic E-state index is 14.1. The largest absolute Gasteiger partial charge is 0.418 e. The molecule has 1 amide bonds. The van der Waals surface area contributed by atoms with E-state index in [0.717, 1.165) is 24.0 Å². The van der Waals surface area contributed by atoms with Gasteiger partial charge in [-0.25, -0.2) is 8.78 Å². The fraction of sp³-hybridized carbons (Fsp3) is 0.421. The topological polar surface area (TPSA) is 72.1 Å². The van der Waals surface area contributed by atoms with Gasteiger partial charge in [0, 0.05) is 37.1 Å². The zero-order valence-electron chi connectivity index (χ0n) is 16.3. The maximum Gasteiger partial charge on any atom is 0.418 e. The van der Waals surface area contributed by atoms with E-state index in [0.29, 0.717) is 5.03 Å². The highest BCUT2D eigenvalue weighted by Crippen LogP contribution is 2.48. The van der Waals surface area contributed by atoms with E-state index < -0.39 is 47.0 Å². The van der Waals surface area contributed by atoms with Gasteiger partial charge in [0.05, 0.1) is 28.0 Å². The summed E-state index contributed by atoms with van der Waals surface area (Å²) in [6, 6.07) is 2.22. The molecule has 0 unspecified atom stereocenters. The van der Waals surface area contributed by atoms with Crippen molar-refractivity contribution in [1.82, 2.24) is 10.2 Å². The number of primary amides is 1. The van der Waals surface area contributed by atoms with Gasteiger partial charge in [0.1, 0.15) is 5.03 Å². The summed E-state index contributed by atoms with van der Waals surface area (Å²) >= 11 is 7.13. The molecule has 1 aromatic carbocycles. The molecule has 2 heterocycles. The Kier molecular flexibility index (Phi) is 6.66. The zero-order chi connectivity index (χ0) is 23.0. The van der Waals surface area contributed by atoms with Crippen LogP contribution in [0.2, 0.25) is 5.02 Å². The molecule has 1 aliphatic rings. The molecule has 0 spiro atoms. The van der Waals surface area contributed by atoms with E-state index >= 15 is 0 Å². The van der Waals surface area contributed by atoms with Crippen LogP contribution in [0.3, 0.4) is 0 Å². The smallest absolute Gasteiger partial charge is 0.370 e. The Balaban J connectivity index is 2.37. The Bertz CT molecular complexity index is 1000. The molecule has 2 N–H and O–H groups in total. The molecule has 0 saturated carbocycles. The van der Waals surface area contributed by atoms with Crippen molar-refractivity contribution in [2.24, 2.45) is 5.73 Å². The number of nitrogens with two attached hydrogens (primary N) is 1. The maximum absolute atomic E-state index is 14.1. The average molecular weight is 481 g/mol. The molecule has 0 atom stereocenters. The van der Waals surface area contributed by atoms with Gasteiger partial charge in [-0.2, -0.15) is 18.3 Å². The van der Waals surface area contributed by atoms with Gasteiger partial charge in [-0.3, -0.25) is 4.79 Å². The molecule has 0 radical (unpaired) electrons. The summed E-state index contributed by atoms with van der Waals surface area (Å²) in [4.78, 5) is 13.5. The molecule has 31 heavy (non-hydrogen) atoms. The summed E-state index contributed by atoms with van der Waals surface area (Å²) in [7, 11) is 0. The number of benzene rings is 1. The molecule has 2 aromatic rings. The van der Waals surface area contributed by atoms with E-state index in [2.05, 4.69) is 10.2 Å². The fourth-order valence-electron chi connectivity index (χ4n) is 3.59. The van der Waals surface area contributed by atoms with Crippen LogP contribution in [-0.2, 0) is 6.18 Å². The van der Waals surface area contributed by atoms with E-state index in [1.807, 2.05) is 0 Å². The van der Waals surface area contributed by atoms with Crippen molar-refractivity contribution in [3.05, 3.63) is 34.5 Å². The Morgan fingerprint density at radius 2 is 1.97 bits per heavy atom. The number of anilines is 1. The molecular formula is C19H18ClF5N4OS. The molecule has 168 valence electrons. The van der Waals surface area contributed by atoms with Gasteiger partial charge < -0.3 is 10.6 Å². The minimum absolute atomic E-state index is 0.00248. The molecule has 1 aliphatic heterocycles. The monoisotopic (exact) mass is 480 g/mol. The predicted molar refractivity (Wildman–Crippen MR) is 109 cm³/mol. The van der Waals surface area contributed by atoms with Crippen molar-refractivity contribution in [3.8, 4) is 11.1 Å². The Hall–Kier alpha value is -2.14. The van der Waals surface area contributed by atoms with Crippen LogP contribution in [0.4, 0.5) is 27.6 Å². The van der Waals surface area contributed by atoms with Crippen LogP contribution in [0, 0.1) is 0 Å². The Morgan fingerprint density at radius 1 is 1.26 bits per heavy atom. The predicted octanol–water partition coefficient (Wildman–Crippen LogP) is 5.26. The molecule has 1 aromatic heterocycles. The molecule has 0 bridgehead atoms. The number of hydrogen-bond acceptors (Lipinski definition) is 5. The number of carbonyl (C=O) groups is 1. The molecule has 1 fully saturated rings. The summed E-state index contributed by atoms with van der Waals surface area (Å²) in [6.45, 7) is -0.233. The van der Waals surface area contributed by atoms with Gasteiger partial charge >= 0.3 is 6.18 Å². The SMILES string of the molecule is CSc1cc(-c2c(N3CCCC(F)(F)CC3)c(C(N)=O)cc(Cl)c2C(F)(F)F)cnn1. The highest BCUT2D eigenvalue weighted by molar-refractivity contribution is 7.98. The normalized spacial score (nSPS) is 16.8. The van der Waals surface area contributed by atoms with E-state index in [9.17, 15) is 26.7 Å². The van der Waals surface area contributed by atoms with E-state index in [1.165, 1.54) is 11.0 Å². The fourth-order valence-corrected chi connectivity index (χ4v) is 4.27. The molecule has 5 nitrogen and oxygen atoms in total. The van der Waals surface area contributed by atoms with Crippen LogP contribution in [-0.4, -0.2) is 41.4 Å². The second-order valence-electron chi connectivity index (χ2n) is 7.05. The summed E-state index contributed by atoms with van der Waals surface area (Å²) in [5.41, 5.74) is 3.39. The standard InChI is InChI=1S/C19H18ClF5N4OS/c1-31-13-7-10(9-27-28-13)14-15(19(23,24)25)12(20)8-11(17(26)30)16(14)29-5-2-3-18(21,22)4-6-29/h7-9H,2-6H2,1H3,(H2,26,30). The second-order valence-corrected chi connectivity index (χ2v) is 8.28. The van der Waals surface area contributed by atoms with Crippen LogP contribution >= 0.6 is 23.4 Å². The zero-order valence-corrected chi connectivity index (χ0v) is 17.8. The minimum atomic E-state index is -4.89. The van der Waals surface area contributed by atoms with Crippen molar-refractivity contribution in [3.63, 3.8) is 0 Å². The number of amides is 1. The number of halogens is 6. The lowest BCUT2D eigenvalue weighted by atomic mass is 9.93. The third kappa shape index (κ3) is 5.03. The third-order valence-corrected chi connectivity index (χ3v) is 5.88. The third-order valence-electron chi connectivity index (χ3n) is 4.96. The summed E-state index contributed by atoms with van der Waals surface area (Å²) in [5.74, 6) is -3.97. The van der Waals surface area contributed by atoms with Gasteiger partial charge in [-0.1, -0.05) is 11.6 Å². The molecule has 0 aliphatic carbocycles. The summed E-state index contributed by atoms with van der Waals surface area (Å²) < 4.78 is 70.1. The number of thioether (sulfide) groups is 1. The first kappa shape index (κ1) is 23.5. The highest BCUT2D eigenvalue weighted by atomic mass is 35.5. The van der Waals surface area contributed by atoms with Gasteiger partial charge in [-0.15, -0.1) is 16.9 Å². The van der Waals surface area contributed by atoms with Crippen LogP contribution in [0.1, 0.15) is 35.2 Å². The molecule has 3 rings (SSSR count). The number of carbonyl (C=O) groups excluding carboxylic acids is 1. The van der Waals surface area contributed by atoms with E-state index in [4.69, 9.17) is 17.3 Å². The van der Waals surface area contributed by atoms with Crippen molar-refractivity contribution in [2.75, 3.05) is 24.2 Å². The lowest BCUT2D eigenvalue weighted by molar-refractivity contribution is -0.137. The lowest BCUT2D eigenvalue weighted by Crippen LogP contribution is -2.30. The molecule has 12 heteroatoms. The van der Waals surface area contributed by atoms with Gasteiger partial charge in [-0.05, 0) is 24.8 Å². The first-order chi connectivity index (χ1) is 14.4. The number of nitrogens with zero attached hydrogens (tertiary/aromatic N) is 3. The Morgan fingerprint density at radius 3 is 2.58 bits per heavy atom. The number of alkyl halides is 5. The van der Waals surface area contributed by atoms with Crippen molar-refractivity contribution < 1.29 is 26.7 Å². The van der Waals surface area contributed by atoms with Crippen LogP contribution < -0.4 is 10.6 Å². The van der Waals surface area contributed by atoms with E-state index in [1.54, 1.807) is 6.26 Å². The van der Waals surface area contributed by atoms with Crippen molar-refractivity contribution in [2.45, 2.75) is 36.4 Å². The minimum Gasteiger partial charge on any atom is -0.370 e. The first-order valence-corrected chi connectivity index (χ1v) is 10.8. The number of hydrogen-bond donors (Lipinski definition) is 1. The Labute approximate surface area is 184 Å². The van der Waals surface area contributed by atoms with E-state index in [-0.39, 0.29) is 36.3 Å². The summed E-state index contributed by atoms with van der Waals surface area (Å²) in [5, 5.41) is 7.19. The van der Waals surface area contributed by atoms with Gasteiger partial charge in [0.15, 0.2) is 0 Å². The second kappa shape index (κ2) is 8.78. The lowest BCUT2D eigenvalue weighted by Gasteiger charge is -2.30. The van der Waals surface area contributed by atoms with Crippen molar-refractivity contribution in [1.29, 1.82) is 0 Å². The van der Waals surface area contributed by atoms with Crippen molar-refractivity contribution >= 4 is 35.0 Å². The van der Waals surface area contributed by atoms with Crippen LogP contribution in [0.5, 0.6) is 0 Å². The van der Waals surface area contributed by atoms with Crippen LogP contribution in [0.15, 0.2) is 23.4 Å². The molecular weight excluding hydrogens is 463 g/mol. The quantitative estimate of drug-likeness (QED) is 0.477. The molecule has 1 saturated heterocycles. The van der Waals surface area contributed by atoms with Gasteiger partial charge in [0.2, 0.25) is 5.92 Å². The summed E-state index contributed by atoms with van der Waals surface area (Å²) in [6.07, 6.45) is -3.06. The first-order valence-electron chi connectivity index (χ1n) is 9.18.